The highest BCUT2D eigenvalue weighted by atomic mass is 19.4. The molecule has 3 N–H and O–H groups in total. The number of halogens is 3. The van der Waals surface area contributed by atoms with E-state index in [9.17, 15) is 13.2 Å². The molecule has 0 radical (unpaired) electrons. The summed E-state index contributed by atoms with van der Waals surface area (Å²) in [5, 5.41) is 3.25. The van der Waals surface area contributed by atoms with Crippen LogP contribution in [0.15, 0.2) is 18.2 Å². The first kappa shape index (κ1) is 19.7. The van der Waals surface area contributed by atoms with Gasteiger partial charge in [0.25, 0.3) is 0 Å². The Balaban J connectivity index is 2.99. The smallest absolute Gasteiger partial charge is 0.379 e. The minimum atomic E-state index is -4.38. The molecule has 0 bridgehead atoms. The summed E-state index contributed by atoms with van der Waals surface area (Å²) in [4.78, 5) is 0. The summed E-state index contributed by atoms with van der Waals surface area (Å²) < 4.78 is 48.7. The maximum Gasteiger partial charge on any atom is 0.416 e. The minimum absolute atomic E-state index is 0.0159. The Morgan fingerprint density at radius 1 is 1.22 bits per heavy atom. The third kappa shape index (κ3) is 6.01. The Morgan fingerprint density at radius 3 is 2.35 bits per heavy atom. The molecular weight excluding hydrogens is 309 g/mol. The van der Waals surface area contributed by atoms with Gasteiger partial charge >= 0.3 is 6.18 Å². The maximum atomic E-state index is 12.8. The van der Waals surface area contributed by atoms with Crippen LogP contribution in [-0.4, -0.2) is 26.6 Å². The lowest BCUT2D eigenvalue weighted by Gasteiger charge is -2.33. The molecular formula is C16H25F3N2O2. The molecule has 0 spiro atoms. The van der Waals surface area contributed by atoms with Crippen LogP contribution in [0.3, 0.4) is 0 Å². The first-order valence-electron chi connectivity index (χ1n) is 7.33. The zero-order chi connectivity index (χ0) is 17.7. The highest BCUT2D eigenvalue weighted by molar-refractivity contribution is 5.54. The largest absolute Gasteiger partial charge is 0.416 e. The van der Waals surface area contributed by atoms with Crippen LogP contribution in [0.2, 0.25) is 0 Å². The third-order valence-electron chi connectivity index (χ3n) is 3.51. The van der Waals surface area contributed by atoms with Crippen molar-refractivity contribution in [2.24, 2.45) is 11.1 Å². The topological polar surface area (TPSA) is 56.5 Å². The fourth-order valence-electron chi connectivity index (χ4n) is 2.02. The average molecular weight is 334 g/mol. The van der Waals surface area contributed by atoms with Crippen molar-refractivity contribution in [3.05, 3.63) is 29.3 Å². The number of hydrogen-bond acceptors (Lipinski definition) is 4. The molecule has 0 aliphatic heterocycles. The molecule has 23 heavy (non-hydrogen) atoms. The van der Waals surface area contributed by atoms with Gasteiger partial charge in [-0.15, -0.1) is 0 Å². The first-order valence-corrected chi connectivity index (χ1v) is 7.33. The highest BCUT2D eigenvalue weighted by Crippen LogP contribution is 2.33. The molecule has 0 heterocycles. The van der Waals surface area contributed by atoms with Gasteiger partial charge in [0.2, 0.25) is 0 Å². The summed E-state index contributed by atoms with van der Waals surface area (Å²) in [6.07, 6.45) is -4.38. The summed E-state index contributed by atoms with van der Waals surface area (Å²) in [7, 11) is 1.53. The van der Waals surface area contributed by atoms with Gasteiger partial charge in [-0.2, -0.15) is 13.2 Å². The SMILES string of the molecule is COCOC[C@H](Nc1ccc(C(F)(F)F)cc1CN)C(C)(C)C. The van der Waals surface area contributed by atoms with Gasteiger partial charge in [-0.05, 0) is 29.2 Å². The fraction of sp³-hybridized carbons (Fsp3) is 0.625. The van der Waals surface area contributed by atoms with E-state index in [0.717, 1.165) is 12.1 Å². The summed E-state index contributed by atoms with van der Waals surface area (Å²) >= 11 is 0. The Bertz CT molecular complexity index is 499. The van der Waals surface area contributed by atoms with Gasteiger partial charge in [-0.1, -0.05) is 20.8 Å². The second-order valence-electron chi connectivity index (χ2n) is 6.41. The zero-order valence-electron chi connectivity index (χ0n) is 14.0. The molecule has 0 aliphatic carbocycles. The molecule has 0 aliphatic rings. The van der Waals surface area contributed by atoms with E-state index in [4.69, 9.17) is 15.2 Å². The lowest BCUT2D eigenvalue weighted by molar-refractivity contribution is -0.137. The molecule has 1 aromatic carbocycles. The van der Waals surface area contributed by atoms with Crippen LogP contribution in [-0.2, 0) is 22.2 Å². The predicted molar refractivity (Wildman–Crippen MR) is 84.0 cm³/mol. The summed E-state index contributed by atoms with van der Waals surface area (Å²) in [6, 6.07) is 3.44. The van der Waals surface area contributed by atoms with Crippen molar-refractivity contribution in [1.29, 1.82) is 0 Å². The minimum Gasteiger partial charge on any atom is -0.379 e. The van der Waals surface area contributed by atoms with E-state index >= 15 is 0 Å². The number of nitrogens with two attached hydrogens (primary N) is 1. The van der Waals surface area contributed by atoms with E-state index in [1.54, 1.807) is 0 Å². The van der Waals surface area contributed by atoms with Gasteiger partial charge in [0.1, 0.15) is 6.79 Å². The number of ether oxygens (including phenoxy) is 2. The Morgan fingerprint density at radius 2 is 1.87 bits per heavy atom. The van der Waals surface area contributed by atoms with Crippen LogP contribution in [0, 0.1) is 5.41 Å². The summed E-state index contributed by atoms with van der Waals surface area (Å²) in [6.45, 7) is 6.60. The van der Waals surface area contributed by atoms with Gasteiger partial charge in [0.05, 0.1) is 18.2 Å². The molecule has 0 aromatic heterocycles. The average Bonchev–Trinajstić information content (AvgIpc) is 2.44. The first-order chi connectivity index (χ1) is 10.6. The van der Waals surface area contributed by atoms with Gasteiger partial charge < -0.3 is 20.5 Å². The van der Waals surface area contributed by atoms with E-state index < -0.39 is 11.7 Å². The van der Waals surface area contributed by atoms with Gasteiger partial charge in [-0.3, -0.25) is 0 Å². The molecule has 7 heteroatoms. The van der Waals surface area contributed by atoms with E-state index in [-0.39, 0.29) is 24.8 Å². The standard InChI is InChI=1S/C16H25F3N2O2/c1-15(2,3)14(9-23-10-22-4)21-13-6-5-12(16(17,18)19)7-11(13)8-20/h5-7,14,21H,8-10,20H2,1-4H3/t14-/m0/s1. The number of methoxy groups -OCH3 is 1. The normalized spacial score (nSPS) is 13.9. The monoisotopic (exact) mass is 334 g/mol. The lowest BCUT2D eigenvalue weighted by Crippen LogP contribution is -2.38. The van der Waals surface area contributed by atoms with Crippen LogP contribution in [0.5, 0.6) is 0 Å². The molecule has 1 rings (SSSR count). The molecule has 1 atom stereocenters. The summed E-state index contributed by atoms with van der Waals surface area (Å²) in [5.41, 5.74) is 5.75. The van der Waals surface area contributed by atoms with Crippen LogP contribution < -0.4 is 11.1 Å². The van der Waals surface area contributed by atoms with Crippen LogP contribution in [0.1, 0.15) is 31.9 Å². The number of hydrogen-bond donors (Lipinski definition) is 2. The number of benzene rings is 1. The number of rotatable bonds is 7. The van der Waals surface area contributed by atoms with Gasteiger partial charge in [-0.25, -0.2) is 0 Å². The van der Waals surface area contributed by atoms with Crippen LogP contribution in [0.25, 0.3) is 0 Å². The molecule has 0 amide bonds. The van der Waals surface area contributed by atoms with E-state index in [1.165, 1.54) is 13.2 Å². The predicted octanol–water partition coefficient (Wildman–Crippen LogP) is 3.61. The molecule has 0 saturated heterocycles. The van der Waals surface area contributed by atoms with Crippen molar-refractivity contribution >= 4 is 5.69 Å². The van der Waals surface area contributed by atoms with Crippen molar-refractivity contribution in [3.8, 4) is 0 Å². The van der Waals surface area contributed by atoms with E-state index in [0.29, 0.717) is 17.9 Å². The van der Waals surface area contributed by atoms with Crippen molar-refractivity contribution < 1.29 is 22.6 Å². The van der Waals surface area contributed by atoms with Crippen LogP contribution >= 0.6 is 0 Å². The maximum absolute atomic E-state index is 12.8. The quantitative estimate of drug-likeness (QED) is 0.591. The second kappa shape index (κ2) is 7.99. The van der Waals surface area contributed by atoms with Crippen molar-refractivity contribution in [3.63, 3.8) is 0 Å². The van der Waals surface area contributed by atoms with Crippen LogP contribution in [0.4, 0.5) is 18.9 Å². The van der Waals surface area contributed by atoms with Crippen molar-refractivity contribution in [1.82, 2.24) is 0 Å². The van der Waals surface area contributed by atoms with Crippen molar-refractivity contribution in [2.45, 2.75) is 39.5 Å². The Hall–Kier alpha value is -1.31. The van der Waals surface area contributed by atoms with E-state index in [1.807, 2.05) is 20.8 Å². The summed E-state index contributed by atoms with van der Waals surface area (Å²) in [5.74, 6) is 0. The number of alkyl halides is 3. The lowest BCUT2D eigenvalue weighted by atomic mass is 9.87. The molecule has 0 fully saturated rings. The second-order valence-corrected chi connectivity index (χ2v) is 6.41. The molecule has 0 unspecified atom stereocenters. The fourth-order valence-corrected chi connectivity index (χ4v) is 2.02. The van der Waals surface area contributed by atoms with Gasteiger partial charge in [0.15, 0.2) is 0 Å². The number of anilines is 1. The molecule has 1 aromatic rings. The molecule has 132 valence electrons. The van der Waals surface area contributed by atoms with Crippen molar-refractivity contribution in [2.75, 3.05) is 25.8 Å². The Kier molecular flexibility index (Phi) is 6.85. The number of nitrogens with one attached hydrogen (secondary N) is 1. The highest BCUT2D eigenvalue weighted by Gasteiger charge is 2.31. The van der Waals surface area contributed by atoms with Gasteiger partial charge in [0, 0.05) is 19.3 Å². The molecule has 4 nitrogen and oxygen atoms in total. The third-order valence-corrected chi connectivity index (χ3v) is 3.51. The zero-order valence-corrected chi connectivity index (χ0v) is 14.0. The molecule has 0 saturated carbocycles. The van der Waals surface area contributed by atoms with E-state index in [2.05, 4.69) is 5.32 Å². The Labute approximate surface area is 135 Å².